The number of rotatable bonds is 6. The number of aryl methyl sites for hydroxylation is 1. The molecule has 0 N–H and O–H groups in total. The van der Waals surface area contributed by atoms with Gasteiger partial charge in [0.2, 0.25) is 0 Å². The molecule has 1 saturated carbocycles. The minimum absolute atomic E-state index is 0.00789. The van der Waals surface area contributed by atoms with Gasteiger partial charge in [0.15, 0.2) is 5.65 Å². The summed E-state index contributed by atoms with van der Waals surface area (Å²) in [5.74, 6) is 0.800. The molecule has 2 fully saturated rings. The number of nitrogens with zero attached hydrogens (tertiary/aromatic N) is 6. The van der Waals surface area contributed by atoms with Gasteiger partial charge in [-0.05, 0) is 101 Å². The summed E-state index contributed by atoms with van der Waals surface area (Å²) in [5, 5.41) is 0.689. The molecule has 0 spiro atoms. The van der Waals surface area contributed by atoms with Crippen LogP contribution in [0.2, 0.25) is 0 Å². The van der Waals surface area contributed by atoms with Gasteiger partial charge < -0.3 is 19.3 Å². The van der Waals surface area contributed by atoms with E-state index in [1.54, 1.807) is 30.3 Å². The van der Waals surface area contributed by atoms with Crippen LogP contribution < -0.4 is 15.3 Å². The Balaban J connectivity index is 1.59. The van der Waals surface area contributed by atoms with Crippen LogP contribution in [0.3, 0.4) is 0 Å². The van der Waals surface area contributed by atoms with Crippen LogP contribution in [-0.2, 0) is 4.74 Å². The molecule has 1 aliphatic carbocycles. The Hall–Kier alpha value is -4.54. The van der Waals surface area contributed by atoms with E-state index in [4.69, 9.17) is 19.4 Å². The molecule has 0 unspecified atom stereocenters. The number of aromatic nitrogens is 4. The lowest BCUT2D eigenvalue weighted by Crippen LogP contribution is -2.55. The van der Waals surface area contributed by atoms with Gasteiger partial charge in [-0.3, -0.25) is 4.98 Å². The zero-order chi connectivity index (χ0) is 33.8. The molecule has 4 aromatic rings. The molecule has 1 amide bonds. The van der Waals surface area contributed by atoms with E-state index in [2.05, 4.69) is 9.88 Å². The number of fused-ring (bicyclic) bond motifs is 1. The Morgan fingerprint density at radius 3 is 2.47 bits per heavy atom. The van der Waals surface area contributed by atoms with Gasteiger partial charge in [-0.25, -0.2) is 23.5 Å². The first-order valence-electron chi connectivity index (χ1n) is 16.3. The summed E-state index contributed by atoms with van der Waals surface area (Å²) in [6.45, 7) is 14.8. The highest BCUT2D eigenvalue weighted by atomic mass is 19.1. The number of methoxy groups -OCH3 is 1. The highest BCUT2D eigenvalue weighted by Crippen LogP contribution is 2.46. The van der Waals surface area contributed by atoms with E-state index in [0.717, 1.165) is 29.7 Å². The fourth-order valence-electron chi connectivity index (χ4n) is 6.35. The number of ether oxygens (including phenoxy) is 2. The summed E-state index contributed by atoms with van der Waals surface area (Å²) in [4.78, 5) is 45.5. The molecule has 4 heterocycles. The van der Waals surface area contributed by atoms with Crippen LogP contribution in [0.15, 0.2) is 41.3 Å². The molecule has 248 valence electrons. The van der Waals surface area contributed by atoms with Gasteiger partial charge in [0.05, 0.1) is 29.6 Å². The maximum atomic E-state index is 15.6. The van der Waals surface area contributed by atoms with Gasteiger partial charge in [-0.1, -0.05) is 13.8 Å². The second kappa shape index (κ2) is 12.2. The lowest BCUT2D eigenvalue weighted by atomic mass is 9.99. The zero-order valence-corrected chi connectivity index (χ0v) is 28.4. The van der Waals surface area contributed by atoms with Crippen LogP contribution in [0.25, 0.3) is 28.0 Å². The molecule has 2 aliphatic rings. The van der Waals surface area contributed by atoms with E-state index in [1.165, 1.54) is 10.6 Å². The first-order chi connectivity index (χ1) is 22.3. The molecule has 1 saturated heterocycles. The van der Waals surface area contributed by atoms with E-state index >= 15 is 4.39 Å². The first kappa shape index (κ1) is 32.4. The molecule has 10 nitrogen and oxygen atoms in total. The van der Waals surface area contributed by atoms with Crippen molar-refractivity contribution in [2.24, 2.45) is 0 Å². The number of anilines is 1. The standard InChI is InChI=1S/C36H43FN6O4/c1-20(2)29-31(21(3)13-14-38-29)43-33-27(18-25(23-9-10-23)30(39-33)26-17-24(46-8)11-12-28(26)37)32(40-34(43)44)42-16-15-41(19-22(42)4)35(45)47-36(5,6)7/h11-14,17-18,20,22-23H,9-10,15-16,19H2,1-8H3/t22-/m0/s1. The van der Waals surface area contributed by atoms with Gasteiger partial charge in [-0.15, -0.1) is 0 Å². The lowest BCUT2D eigenvalue weighted by molar-refractivity contribution is 0.0218. The van der Waals surface area contributed by atoms with E-state index in [-0.39, 0.29) is 24.0 Å². The summed E-state index contributed by atoms with van der Waals surface area (Å²) < 4.78 is 28.2. The number of carbonyl (C=O) groups excluding carboxylic acids is 1. The summed E-state index contributed by atoms with van der Waals surface area (Å²) in [5.41, 5.74) is 3.19. The number of piperazine rings is 1. The number of benzene rings is 1. The van der Waals surface area contributed by atoms with Crippen LogP contribution in [0.5, 0.6) is 5.75 Å². The highest BCUT2D eigenvalue weighted by Gasteiger charge is 2.35. The van der Waals surface area contributed by atoms with Crippen LogP contribution in [0, 0.1) is 12.7 Å². The maximum Gasteiger partial charge on any atom is 0.410 e. The third-order valence-corrected chi connectivity index (χ3v) is 8.80. The third-order valence-electron chi connectivity index (χ3n) is 8.80. The number of halogens is 1. The third kappa shape index (κ3) is 6.27. The fraction of sp³-hybridized carbons (Fsp3) is 0.472. The summed E-state index contributed by atoms with van der Waals surface area (Å²) >= 11 is 0. The Morgan fingerprint density at radius 2 is 1.83 bits per heavy atom. The van der Waals surface area contributed by atoms with Gasteiger partial charge in [0, 0.05) is 37.4 Å². The Morgan fingerprint density at radius 1 is 1.09 bits per heavy atom. The SMILES string of the molecule is COc1ccc(F)c(-c2nc3c(cc2C2CC2)c(N2CCN(C(=O)OC(C)(C)C)C[C@@H]2C)nc(=O)n3-c2c(C)ccnc2C(C)C)c1. The maximum absolute atomic E-state index is 15.6. The topological polar surface area (TPSA) is 103 Å². The number of carbonyl (C=O) groups is 1. The molecule has 11 heteroatoms. The molecular weight excluding hydrogens is 599 g/mol. The number of hydrogen-bond donors (Lipinski definition) is 0. The Bertz CT molecular complexity index is 1910. The molecule has 1 atom stereocenters. The monoisotopic (exact) mass is 642 g/mol. The number of hydrogen-bond acceptors (Lipinski definition) is 8. The highest BCUT2D eigenvalue weighted by molar-refractivity contribution is 5.92. The van der Waals surface area contributed by atoms with E-state index in [1.807, 2.05) is 60.6 Å². The molecule has 1 aliphatic heterocycles. The average Bonchev–Trinajstić information content (AvgIpc) is 3.86. The molecule has 47 heavy (non-hydrogen) atoms. The second-order valence-corrected chi connectivity index (χ2v) is 14.0. The van der Waals surface area contributed by atoms with Crippen LogP contribution in [-0.4, -0.2) is 68.9 Å². The quantitative estimate of drug-likeness (QED) is 0.228. The van der Waals surface area contributed by atoms with Gasteiger partial charge in [-0.2, -0.15) is 4.98 Å². The number of pyridine rings is 2. The van der Waals surface area contributed by atoms with Crippen LogP contribution >= 0.6 is 0 Å². The summed E-state index contributed by atoms with van der Waals surface area (Å²) in [6, 6.07) is 8.37. The Kier molecular flexibility index (Phi) is 8.44. The van der Waals surface area contributed by atoms with Crippen molar-refractivity contribution >= 4 is 22.9 Å². The predicted octanol–water partition coefficient (Wildman–Crippen LogP) is 6.75. The first-order valence-corrected chi connectivity index (χ1v) is 16.3. The van der Waals surface area contributed by atoms with Crippen molar-refractivity contribution in [1.29, 1.82) is 0 Å². The summed E-state index contributed by atoms with van der Waals surface area (Å²) in [6.07, 6.45) is 3.29. The minimum Gasteiger partial charge on any atom is -0.497 e. The van der Waals surface area contributed by atoms with Crippen molar-refractivity contribution < 1.29 is 18.7 Å². The van der Waals surface area contributed by atoms with Crippen molar-refractivity contribution in [3.05, 3.63) is 69.7 Å². The fourth-order valence-corrected chi connectivity index (χ4v) is 6.35. The molecule has 6 rings (SSSR count). The van der Waals surface area contributed by atoms with Gasteiger partial charge in [0.1, 0.15) is 23.0 Å². The second-order valence-electron chi connectivity index (χ2n) is 14.0. The van der Waals surface area contributed by atoms with E-state index in [0.29, 0.717) is 59.2 Å². The molecule has 1 aromatic carbocycles. The van der Waals surface area contributed by atoms with Crippen molar-refractivity contribution in [1.82, 2.24) is 24.4 Å². The van der Waals surface area contributed by atoms with Gasteiger partial charge in [0.25, 0.3) is 0 Å². The van der Waals surface area contributed by atoms with Crippen LogP contribution in [0.4, 0.5) is 15.0 Å². The number of amides is 1. The molecule has 0 bridgehead atoms. The average molecular weight is 643 g/mol. The summed E-state index contributed by atoms with van der Waals surface area (Å²) in [7, 11) is 1.55. The van der Waals surface area contributed by atoms with Crippen molar-refractivity contribution in [3.63, 3.8) is 0 Å². The van der Waals surface area contributed by atoms with Gasteiger partial charge >= 0.3 is 11.8 Å². The minimum atomic E-state index is -0.607. The predicted molar refractivity (Wildman–Crippen MR) is 180 cm³/mol. The normalized spacial score (nSPS) is 17.0. The van der Waals surface area contributed by atoms with E-state index in [9.17, 15) is 9.59 Å². The smallest absolute Gasteiger partial charge is 0.410 e. The van der Waals surface area contributed by atoms with Crippen molar-refractivity contribution in [2.45, 2.75) is 84.8 Å². The molecular formula is C36H43FN6O4. The Labute approximate surface area is 274 Å². The van der Waals surface area contributed by atoms with Crippen molar-refractivity contribution in [2.75, 3.05) is 31.6 Å². The largest absolute Gasteiger partial charge is 0.497 e. The van der Waals surface area contributed by atoms with Crippen molar-refractivity contribution in [3.8, 4) is 22.7 Å². The molecule has 0 radical (unpaired) electrons. The lowest BCUT2D eigenvalue weighted by Gasteiger charge is -2.41. The van der Waals surface area contributed by atoms with E-state index < -0.39 is 17.1 Å². The molecule has 3 aromatic heterocycles. The van der Waals surface area contributed by atoms with Crippen LogP contribution in [0.1, 0.15) is 83.0 Å². The zero-order valence-electron chi connectivity index (χ0n) is 28.4.